The van der Waals surface area contributed by atoms with Crippen LogP contribution in [0.25, 0.3) is 4.96 Å². The van der Waals surface area contributed by atoms with Crippen molar-refractivity contribution in [1.29, 1.82) is 0 Å². The van der Waals surface area contributed by atoms with Gasteiger partial charge in [0.15, 0.2) is 0 Å². The average Bonchev–Trinajstić information content (AvgIpc) is 3.05. The van der Waals surface area contributed by atoms with E-state index in [0.717, 1.165) is 10.7 Å². The summed E-state index contributed by atoms with van der Waals surface area (Å²) in [6.45, 7) is 6.50. The van der Waals surface area contributed by atoms with Crippen LogP contribution in [-0.2, 0) is 5.41 Å². The number of aliphatic hydroxyl groups excluding tert-OH is 1. The number of nitrogens with one attached hydrogen (secondary N) is 1. The van der Waals surface area contributed by atoms with Crippen LogP contribution in [0.5, 0.6) is 0 Å². The Bertz CT molecular complexity index is 839. The van der Waals surface area contributed by atoms with Crippen LogP contribution in [0.2, 0.25) is 5.02 Å². The third kappa shape index (κ3) is 3.53. The molecule has 0 bridgehead atoms. The summed E-state index contributed by atoms with van der Waals surface area (Å²) < 4.78 is 15.2. The Kier molecular flexibility index (Phi) is 4.50. The van der Waals surface area contributed by atoms with Crippen LogP contribution in [0, 0.1) is 5.82 Å². The predicted octanol–water partition coefficient (Wildman–Crippen LogP) is 4.03. The molecule has 0 saturated carbocycles. The first kappa shape index (κ1) is 17.1. The van der Waals surface area contributed by atoms with Gasteiger partial charge in [0.2, 0.25) is 10.1 Å². The van der Waals surface area contributed by atoms with Crippen molar-refractivity contribution in [3.05, 3.63) is 46.5 Å². The smallest absolute Gasteiger partial charge is 0.214 e. The van der Waals surface area contributed by atoms with Gasteiger partial charge in [-0.05, 0) is 17.7 Å². The van der Waals surface area contributed by atoms with Gasteiger partial charge >= 0.3 is 0 Å². The maximum Gasteiger partial charge on any atom is 0.214 e. The van der Waals surface area contributed by atoms with Crippen LogP contribution in [0.3, 0.4) is 0 Å². The van der Waals surface area contributed by atoms with Gasteiger partial charge in [-0.1, -0.05) is 49.8 Å². The minimum absolute atomic E-state index is 0.0319. The van der Waals surface area contributed by atoms with Crippen molar-refractivity contribution in [2.45, 2.75) is 32.3 Å². The highest BCUT2D eigenvalue weighted by molar-refractivity contribution is 7.20. The molecule has 24 heavy (non-hydrogen) atoms. The molecule has 1 unspecified atom stereocenters. The molecule has 128 valence electrons. The molecule has 8 heteroatoms. The van der Waals surface area contributed by atoms with E-state index in [1.165, 1.54) is 23.5 Å². The van der Waals surface area contributed by atoms with Crippen LogP contribution < -0.4 is 5.32 Å². The van der Waals surface area contributed by atoms with Crippen LogP contribution in [0.1, 0.15) is 38.1 Å². The molecule has 2 N–H and O–H groups in total. The average molecular weight is 369 g/mol. The Morgan fingerprint density at radius 2 is 2.17 bits per heavy atom. The van der Waals surface area contributed by atoms with Gasteiger partial charge < -0.3 is 10.4 Å². The lowest BCUT2D eigenvalue weighted by Gasteiger charge is -2.13. The molecule has 3 rings (SSSR count). The van der Waals surface area contributed by atoms with Crippen molar-refractivity contribution in [3.8, 4) is 0 Å². The highest BCUT2D eigenvalue weighted by Gasteiger charge is 2.19. The standard InChI is InChI=1S/C16H18ClFN4OS/c1-16(2,3)13-8-22-15(20-13)24-14(21-22)19-7-12(23)9-4-5-10(17)11(18)6-9/h4-6,8,12,23H,7H2,1-3H3,(H,19,21). The summed E-state index contributed by atoms with van der Waals surface area (Å²) in [5, 5.41) is 18.3. The fourth-order valence-electron chi connectivity index (χ4n) is 2.15. The van der Waals surface area contributed by atoms with Gasteiger partial charge in [0.1, 0.15) is 5.82 Å². The summed E-state index contributed by atoms with van der Waals surface area (Å²) in [5.74, 6) is -0.546. The number of halogens is 2. The normalized spacial score (nSPS) is 13.4. The van der Waals surface area contributed by atoms with Crippen molar-refractivity contribution < 1.29 is 9.50 Å². The van der Waals surface area contributed by atoms with Gasteiger partial charge in [-0.25, -0.2) is 13.9 Å². The summed E-state index contributed by atoms with van der Waals surface area (Å²) >= 11 is 7.05. The van der Waals surface area contributed by atoms with Crippen LogP contribution >= 0.6 is 22.9 Å². The molecule has 2 aromatic heterocycles. The molecule has 1 atom stereocenters. The minimum Gasteiger partial charge on any atom is -0.387 e. The van der Waals surface area contributed by atoms with Crippen LogP contribution in [-0.4, -0.2) is 26.2 Å². The molecule has 0 spiro atoms. The summed E-state index contributed by atoms with van der Waals surface area (Å²) in [6.07, 6.45) is 1.04. The highest BCUT2D eigenvalue weighted by atomic mass is 35.5. The Morgan fingerprint density at radius 3 is 2.79 bits per heavy atom. The monoisotopic (exact) mass is 368 g/mol. The van der Waals surface area contributed by atoms with Crippen molar-refractivity contribution in [2.24, 2.45) is 0 Å². The number of anilines is 1. The second-order valence-electron chi connectivity index (χ2n) is 6.58. The summed E-state index contributed by atoms with van der Waals surface area (Å²) in [7, 11) is 0. The summed E-state index contributed by atoms with van der Waals surface area (Å²) in [6, 6.07) is 4.27. The number of aromatic nitrogens is 3. The maximum atomic E-state index is 13.4. The fourth-order valence-corrected chi connectivity index (χ4v) is 3.06. The second kappa shape index (κ2) is 6.31. The Balaban J connectivity index is 1.68. The number of fused-ring (bicyclic) bond motifs is 1. The number of benzene rings is 1. The molecule has 0 saturated heterocycles. The van der Waals surface area contributed by atoms with E-state index >= 15 is 0 Å². The molecule has 2 heterocycles. The molecule has 5 nitrogen and oxygen atoms in total. The molecular weight excluding hydrogens is 351 g/mol. The Morgan fingerprint density at radius 1 is 1.42 bits per heavy atom. The van der Waals surface area contributed by atoms with Crippen LogP contribution in [0.4, 0.5) is 9.52 Å². The number of imidazole rings is 1. The topological polar surface area (TPSA) is 62.5 Å². The van der Waals surface area contributed by atoms with Crippen LogP contribution in [0.15, 0.2) is 24.4 Å². The molecule has 0 amide bonds. The molecule has 0 aliphatic heterocycles. The summed E-state index contributed by atoms with van der Waals surface area (Å²) in [4.78, 5) is 5.35. The number of aliphatic hydroxyl groups is 1. The lowest BCUT2D eigenvalue weighted by molar-refractivity contribution is 0.191. The molecular formula is C16H18ClFN4OS. The first-order valence-electron chi connectivity index (χ1n) is 7.47. The van der Waals surface area contributed by atoms with Gasteiger partial charge in [0, 0.05) is 12.0 Å². The van der Waals surface area contributed by atoms with Crippen molar-refractivity contribution >= 4 is 33.0 Å². The van der Waals surface area contributed by atoms with Crippen molar-refractivity contribution in [2.75, 3.05) is 11.9 Å². The van der Waals surface area contributed by atoms with Gasteiger partial charge in [-0.3, -0.25) is 0 Å². The van der Waals surface area contributed by atoms with E-state index in [4.69, 9.17) is 11.6 Å². The van der Waals surface area contributed by atoms with Gasteiger partial charge in [-0.2, -0.15) is 0 Å². The zero-order chi connectivity index (χ0) is 17.5. The highest BCUT2D eigenvalue weighted by Crippen LogP contribution is 2.26. The molecule has 3 aromatic rings. The quantitative estimate of drug-likeness (QED) is 0.730. The molecule has 0 aliphatic rings. The van der Waals surface area contributed by atoms with Gasteiger partial charge in [0.05, 0.1) is 23.0 Å². The minimum atomic E-state index is -0.863. The van der Waals surface area contributed by atoms with Gasteiger partial charge in [-0.15, -0.1) is 5.10 Å². The zero-order valence-electron chi connectivity index (χ0n) is 13.5. The largest absolute Gasteiger partial charge is 0.387 e. The van der Waals surface area contributed by atoms with Crippen molar-refractivity contribution in [1.82, 2.24) is 14.6 Å². The Hall–Kier alpha value is -1.70. The summed E-state index contributed by atoms with van der Waals surface area (Å²) in [5.41, 5.74) is 1.40. The number of hydrogen-bond acceptors (Lipinski definition) is 5. The number of hydrogen-bond donors (Lipinski definition) is 2. The lowest BCUT2D eigenvalue weighted by Crippen LogP contribution is -2.13. The van der Waals surface area contributed by atoms with Crippen molar-refractivity contribution in [3.63, 3.8) is 0 Å². The fraction of sp³-hybridized carbons (Fsp3) is 0.375. The van der Waals surface area contributed by atoms with Gasteiger partial charge in [0.25, 0.3) is 0 Å². The molecule has 0 fully saturated rings. The zero-order valence-corrected chi connectivity index (χ0v) is 15.1. The van der Waals surface area contributed by atoms with E-state index in [2.05, 4.69) is 36.2 Å². The van der Waals surface area contributed by atoms with E-state index in [9.17, 15) is 9.50 Å². The number of rotatable bonds is 4. The van der Waals surface area contributed by atoms with E-state index in [1.54, 1.807) is 10.6 Å². The lowest BCUT2D eigenvalue weighted by atomic mass is 9.93. The third-order valence-electron chi connectivity index (χ3n) is 3.59. The second-order valence-corrected chi connectivity index (χ2v) is 7.94. The first-order chi connectivity index (χ1) is 11.2. The first-order valence-corrected chi connectivity index (χ1v) is 8.67. The third-order valence-corrected chi connectivity index (χ3v) is 4.77. The van der Waals surface area contributed by atoms with E-state index < -0.39 is 11.9 Å². The van der Waals surface area contributed by atoms with E-state index in [0.29, 0.717) is 10.7 Å². The molecule has 0 radical (unpaired) electrons. The number of nitrogens with zero attached hydrogens (tertiary/aromatic N) is 3. The Labute approximate surface area is 148 Å². The van der Waals surface area contributed by atoms with E-state index in [-0.39, 0.29) is 17.0 Å². The molecule has 0 aliphatic carbocycles. The SMILES string of the molecule is CC(C)(C)c1cn2nc(NCC(O)c3ccc(Cl)c(F)c3)sc2n1. The maximum absolute atomic E-state index is 13.4. The predicted molar refractivity (Wildman–Crippen MR) is 94.4 cm³/mol. The van der Waals surface area contributed by atoms with E-state index in [1.807, 2.05) is 6.20 Å². The molecule has 1 aromatic carbocycles.